The first-order valence-electron chi connectivity index (χ1n) is 7.95. The summed E-state index contributed by atoms with van der Waals surface area (Å²) in [5.41, 5.74) is 2.03. The van der Waals surface area contributed by atoms with Crippen LogP contribution in [0, 0.1) is 5.92 Å². The smallest absolute Gasteiger partial charge is 0.163 e. The van der Waals surface area contributed by atoms with E-state index in [2.05, 4.69) is 4.90 Å². The van der Waals surface area contributed by atoms with E-state index in [1.165, 1.54) is 0 Å². The fourth-order valence-electron chi connectivity index (χ4n) is 3.16. The van der Waals surface area contributed by atoms with Gasteiger partial charge in [0.1, 0.15) is 5.75 Å². The molecule has 0 bridgehead atoms. The molecule has 1 aliphatic heterocycles. The van der Waals surface area contributed by atoms with E-state index in [0.717, 1.165) is 62.6 Å². The van der Waals surface area contributed by atoms with Crippen LogP contribution in [0.2, 0.25) is 0 Å². The monoisotopic (exact) mass is 337 g/mol. The van der Waals surface area contributed by atoms with E-state index in [0.29, 0.717) is 5.78 Å². The van der Waals surface area contributed by atoms with Crippen molar-refractivity contribution in [1.82, 2.24) is 4.90 Å². The third-order valence-corrected chi connectivity index (χ3v) is 4.49. The lowest BCUT2D eigenvalue weighted by Crippen LogP contribution is -2.40. The lowest BCUT2D eigenvalue weighted by atomic mass is 10.0. The Kier molecular flexibility index (Phi) is 6.63. The van der Waals surface area contributed by atoms with E-state index in [1.807, 2.05) is 30.3 Å². The van der Waals surface area contributed by atoms with Gasteiger partial charge in [-0.15, -0.1) is 12.4 Å². The van der Waals surface area contributed by atoms with Gasteiger partial charge in [0.2, 0.25) is 0 Å². The third-order valence-electron chi connectivity index (χ3n) is 4.49. The molecule has 0 amide bonds. The Morgan fingerprint density at radius 1 is 1.26 bits per heavy atom. The van der Waals surface area contributed by atoms with Crippen molar-refractivity contribution >= 4 is 24.3 Å². The quantitative estimate of drug-likeness (QED) is 0.792. The number of carbonyl (C=O) groups excluding carboxylic acids is 1. The van der Waals surface area contributed by atoms with Crippen LogP contribution in [0.15, 0.2) is 29.8 Å². The number of allylic oxidation sites excluding steroid dienone is 1. The SMILES string of the molecule is COc1ccc(/C=C2/CCC(CN3CCOCC3)C2=O)cc1.Cl. The number of rotatable bonds is 4. The Hall–Kier alpha value is -1.36. The minimum absolute atomic E-state index is 0. The summed E-state index contributed by atoms with van der Waals surface area (Å²) >= 11 is 0. The summed E-state index contributed by atoms with van der Waals surface area (Å²) in [6.45, 7) is 4.34. The van der Waals surface area contributed by atoms with Gasteiger partial charge < -0.3 is 9.47 Å². The summed E-state index contributed by atoms with van der Waals surface area (Å²) in [5, 5.41) is 0. The van der Waals surface area contributed by atoms with Gasteiger partial charge in [0, 0.05) is 25.6 Å². The summed E-state index contributed by atoms with van der Waals surface area (Å²) in [6.07, 6.45) is 3.89. The highest BCUT2D eigenvalue weighted by Gasteiger charge is 2.30. The Bertz CT molecular complexity index is 550. The highest BCUT2D eigenvalue weighted by Crippen LogP contribution is 2.29. The van der Waals surface area contributed by atoms with E-state index in [1.54, 1.807) is 7.11 Å². The standard InChI is InChI=1S/C18H23NO3.ClH/c1-21-17-6-2-14(3-7-17)12-15-4-5-16(18(15)20)13-19-8-10-22-11-9-19;/h2-3,6-7,12,16H,4-5,8-11,13H2,1H3;1H/b15-12-;. The second-order valence-electron chi connectivity index (χ2n) is 5.96. The highest BCUT2D eigenvalue weighted by atomic mass is 35.5. The fraction of sp³-hybridized carbons (Fsp3) is 0.500. The van der Waals surface area contributed by atoms with Gasteiger partial charge in [0.25, 0.3) is 0 Å². The number of morpholine rings is 1. The number of ketones is 1. The van der Waals surface area contributed by atoms with Crippen molar-refractivity contribution in [3.05, 3.63) is 35.4 Å². The molecule has 0 spiro atoms. The molecular weight excluding hydrogens is 314 g/mol. The molecule has 1 atom stereocenters. The average Bonchev–Trinajstić information content (AvgIpc) is 2.90. The van der Waals surface area contributed by atoms with E-state index in [9.17, 15) is 4.79 Å². The summed E-state index contributed by atoms with van der Waals surface area (Å²) in [7, 11) is 1.66. The number of methoxy groups -OCH3 is 1. The van der Waals surface area contributed by atoms with Gasteiger partial charge in [-0.25, -0.2) is 0 Å². The van der Waals surface area contributed by atoms with Crippen molar-refractivity contribution < 1.29 is 14.3 Å². The first kappa shape index (κ1) is 18.0. The zero-order valence-electron chi connectivity index (χ0n) is 13.5. The van der Waals surface area contributed by atoms with Gasteiger partial charge in [-0.05, 0) is 42.2 Å². The van der Waals surface area contributed by atoms with Gasteiger partial charge in [-0.3, -0.25) is 9.69 Å². The second-order valence-corrected chi connectivity index (χ2v) is 5.96. The van der Waals surface area contributed by atoms with Gasteiger partial charge in [-0.2, -0.15) is 0 Å². The number of ether oxygens (including phenoxy) is 2. The molecule has 5 heteroatoms. The van der Waals surface area contributed by atoms with Crippen LogP contribution in [0.4, 0.5) is 0 Å². The van der Waals surface area contributed by atoms with Crippen LogP contribution < -0.4 is 4.74 Å². The molecule has 4 nitrogen and oxygen atoms in total. The maximum atomic E-state index is 12.6. The lowest BCUT2D eigenvalue weighted by molar-refractivity contribution is -0.118. The first-order valence-corrected chi connectivity index (χ1v) is 7.95. The molecule has 3 rings (SSSR count). The average molecular weight is 338 g/mol. The molecule has 23 heavy (non-hydrogen) atoms. The van der Waals surface area contributed by atoms with Gasteiger partial charge in [0.15, 0.2) is 5.78 Å². The fourth-order valence-corrected chi connectivity index (χ4v) is 3.16. The van der Waals surface area contributed by atoms with Crippen LogP contribution in [0.1, 0.15) is 18.4 Å². The summed E-state index contributed by atoms with van der Waals surface area (Å²) < 4.78 is 10.5. The minimum Gasteiger partial charge on any atom is -0.497 e. The zero-order valence-corrected chi connectivity index (χ0v) is 14.3. The maximum absolute atomic E-state index is 12.6. The number of carbonyl (C=O) groups is 1. The van der Waals surface area contributed by atoms with Crippen molar-refractivity contribution in [2.24, 2.45) is 5.92 Å². The Labute approximate surface area is 143 Å². The molecule has 1 heterocycles. The number of Topliss-reactive ketones (excluding diaryl/α,β-unsaturated/α-hetero) is 1. The molecule has 1 saturated heterocycles. The topological polar surface area (TPSA) is 38.8 Å². The molecule has 1 aromatic carbocycles. The largest absolute Gasteiger partial charge is 0.497 e. The molecule has 2 aliphatic rings. The van der Waals surface area contributed by atoms with E-state index < -0.39 is 0 Å². The molecule has 2 fully saturated rings. The second kappa shape index (κ2) is 8.48. The van der Waals surface area contributed by atoms with Crippen molar-refractivity contribution in [1.29, 1.82) is 0 Å². The number of hydrogen-bond acceptors (Lipinski definition) is 4. The van der Waals surface area contributed by atoms with Crippen LogP contribution in [0.25, 0.3) is 6.08 Å². The third kappa shape index (κ3) is 4.56. The van der Waals surface area contributed by atoms with Crippen LogP contribution in [-0.4, -0.2) is 50.6 Å². The molecule has 1 unspecified atom stereocenters. The Morgan fingerprint density at radius 3 is 2.61 bits per heavy atom. The predicted molar refractivity (Wildman–Crippen MR) is 93.2 cm³/mol. The molecular formula is C18H24ClNO3. The number of hydrogen-bond donors (Lipinski definition) is 0. The molecule has 1 aromatic rings. The van der Waals surface area contributed by atoms with Crippen LogP contribution in [0.5, 0.6) is 5.75 Å². The first-order chi connectivity index (χ1) is 10.8. The van der Waals surface area contributed by atoms with Crippen molar-refractivity contribution in [2.75, 3.05) is 40.0 Å². The van der Waals surface area contributed by atoms with Crippen molar-refractivity contribution in [3.63, 3.8) is 0 Å². The summed E-state index contributed by atoms with van der Waals surface area (Å²) in [6, 6.07) is 7.84. The molecule has 1 aliphatic carbocycles. The summed E-state index contributed by atoms with van der Waals surface area (Å²) in [5.74, 6) is 1.31. The Morgan fingerprint density at radius 2 is 1.96 bits per heavy atom. The predicted octanol–water partition coefficient (Wildman–Crippen LogP) is 2.81. The van der Waals surface area contributed by atoms with Crippen LogP contribution >= 0.6 is 12.4 Å². The molecule has 0 radical (unpaired) electrons. The van der Waals surface area contributed by atoms with Crippen molar-refractivity contribution in [3.8, 4) is 5.75 Å². The Balaban J connectivity index is 0.00000192. The highest BCUT2D eigenvalue weighted by molar-refractivity contribution is 6.03. The number of benzene rings is 1. The van der Waals surface area contributed by atoms with Gasteiger partial charge in [-0.1, -0.05) is 12.1 Å². The molecule has 0 N–H and O–H groups in total. The number of nitrogens with zero attached hydrogens (tertiary/aromatic N) is 1. The maximum Gasteiger partial charge on any atom is 0.163 e. The lowest BCUT2D eigenvalue weighted by Gasteiger charge is -2.28. The van der Waals surface area contributed by atoms with Gasteiger partial charge in [0.05, 0.1) is 20.3 Å². The van der Waals surface area contributed by atoms with Crippen molar-refractivity contribution in [2.45, 2.75) is 12.8 Å². The normalized spacial score (nSPS) is 23.8. The van der Waals surface area contributed by atoms with E-state index >= 15 is 0 Å². The molecule has 1 saturated carbocycles. The summed E-state index contributed by atoms with van der Waals surface area (Å²) in [4.78, 5) is 14.9. The van der Waals surface area contributed by atoms with E-state index in [-0.39, 0.29) is 18.3 Å². The van der Waals surface area contributed by atoms with E-state index in [4.69, 9.17) is 9.47 Å². The molecule has 126 valence electrons. The van der Waals surface area contributed by atoms with Gasteiger partial charge >= 0.3 is 0 Å². The zero-order chi connectivity index (χ0) is 15.4. The molecule has 0 aromatic heterocycles. The minimum atomic E-state index is 0. The number of halogens is 1. The van der Waals surface area contributed by atoms with Crippen LogP contribution in [0.3, 0.4) is 0 Å². The van der Waals surface area contributed by atoms with Crippen LogP contribution in [-0.2, 0) is 9.53 Å².